The SMILES string of the molecule is CCOC(=O)c1cc2c(=O)n3ccccc3nc2n(C)c1=NC(=O)c1ccccc1F. The van der Waals surface area contributed by atoms with E-state index in [-0.39, 0.29) is 34.3 Å². The molecule has 3 aromatic heterocycles. The molecule has 156 valence electrons. The van der Waals surface area contributed by atoms with Crippen LogP contribution >= 0.6 is 0 Å². The molecule has 9 heteroatoms. The molecule has 8 nitrogen and oxygen atoms in total. The summed E-state index contributed by atoms with van der Waals surface area (Å²) in [6.07, 6.45) is 1.56. The van der Waals surface area contributed by atoms with Crippen LogP contribution in [0.2, 0.25) is 0 Å². The van der Waals surface area contributed by atoms with E-state index in [9.17, 15) is 18.8 Å². The van der Waals surface area contributed by atoms with Gasteiger partial charge in [-0.1, -0.05) is 18.2 Å². The first-order valence-electron chi connectivity index (χ1n) is 9.44. The second-order valence-corrected chi connectivity index (χ2v) is 6.64. The van der Waals surface area contributed by atoms with Crippen molar-refractivity contribution in [1.29, 1.82) is 0 Å². The lowest BCUT2D eigenvalue weighted by Gasteiger charge is -2.11. The van der Waals surface area contributed by atoms with Crippen LogP contribution in [0.15, 0.2) is 64.5 Å². The Labute approximate surface area is 174 Å². The predicted molar refractivity (Wildman–Crippen MR) is 110 cm³/mol. The molecule has 0 saturated carbocycles. The number of benzene rings is 1. The Morgan fingerprint density at radius 1 is 1.13 bits per heavy atom. The fraction of sp³-hybridized carbons (Fsp3) is 0.136. The molecule has 0 fully saturated rings. The van der Waals surface area contributed by atoms with Crippen molar-refractivity contribution in [2.24, 2.45) is 12.0 Å². The predicted octanol–water partition coefficient (Wildman–Crippen LogP) is 2.24. The molecule has 1 amide bonds. The summed E-state index contributed by atoms with van der Waals surface area (Å²) >= 11 is 0. The van der Waals surface area contributed by atoms with E-state index in [0.29, 0.717) is 5.65 Å². The number of esters is 1. The fourth-order valence-electron chi connectivity index (χ4n) is 3.25. The van der Waals surface area contributed by atoms with Gasteiger partial charge in [0.2, 0.25) is 0 Å². The number of rotatable bonds is 3. The number of carbonyl (C=O) groups excluding carboxylic acids is 2. The first-order valence-corrected chi connectivity index (χ1v) is 9.44. The number of aromatic nitrogens is 3. The maximum atomic E-state index is 14.1. The van der Waals surface area contributed by atoms with Crippen LogP contribution in [0, 0.1) is 5.82 Å². The van der Waals surface area contributed by atoms with Crippen LogP contribution in [0.4, 0.5) is 4.39 Å². The molecule has 0 bridgehead atoms. The third-order valence-electron chi connectivity index (χ3n) is 4.72. The van der Waals surface area contributed by atoms with E-state index < -0.39 is 23.3 Å². The van der Waals surface area contributed by atoms with Crippen LogP contribution in [-0.4, -0.2) is 32.4 Å². The first-order chi connectivity index (χ1) is 14.9. The average molecular weight is 420 g/mol. The van der Waals surface area contributed by atoms with Crippen molar-refractivity contribution < 1.29 is 18.7 Å². The number of fused-ring (bicyclic) bond motifs is 2. The summed E-state index contributed by atoms with van der Waals surface area (Å²) in [4.78, 5) is 46.7. The van der Waals surface area contributed by atoms with Crippen molar-refractivity contribution in [2.45, 2.75) is 6.92 Å². The van der Waals surface area contributed by atoms with Gasteiger partial charge in [-0.25, -0.2) is 14.2 Å². The summed E-state index contributed by atoms with van der Waals surface area (Å²) in [6.45, 7) is 1.71. The number of amides is 1. The molecular weight excluding hydrogens is 403 g/mol. The zero-order valence-electron chi connectivity index (χ0n) is 16.7. The minimum absolute atomic E-state index is 0.0796. The quantitative estimate of drug-likeness (QED) is 0.374. The average Bonchev–Trinajstić information content (AvgIpc) is 2.76. The van der Waals surface area contributed by atoms with Crippen molar-refractivity contribution in [1.82, 2.24) is 14.0 Å². The number of carbonyl (C=O) groups is 2. The monoisotopic (exact) mass is 420 g/mol. The van der Waals surface area contributed by atoms with Crippen molar-refractivity contribution in [2.75, 3.05) is 6.61 Å². The van der Waals surface area contributed by atoms with Gasteiger partial charge in [-0.15, -0.1) is 0 Å². The molecule has 4 rings (SSSR count). The molecule has 0 aliphatic heterocycles. The van der Waals surface area contributed by atoms with Crippen molar-refractivity contribution in [3.05, 3.63) is 87.5 Å². The van der Waals surface area contributed by atoms with Crippen LogP contribution in [0.1, 0.15) is 27.6 Å². The molecule has 3 heterocycles. The third-order valence-corrected chi connectivity index (χ3v) is 4.72. The van der Waals surface area contributed by atoms with E-state index in [1.54, 1.807) is 31.3 Å². The number of hydrogen-bond acceptors (Lipinski definition) is 5. The third kappa shape index (κ3) is 3.50. The van der Waals surface area contributed by atoms with Gasteiger partial charge in [-0.05, 0) is 37.3 Å². The zero-order chi connectivity index (χ0) is 22.1. The maximum Gasteiger partial charge on any atom is 0.341 e. The van der Waals surface area contributed by atoms with Crippen molar-refractivity contribution in [3.63, 3.8) is 0 Å². The number of pyridine rings is 2. The Balaban J connectivity index is 2.08. The normalized spacial score (nSPS) is 11.8. The molecule has 1 aromatic carbocycles. The fourth-order valence-corrected chi connectivity index (χ4v) is 3.25. The Bertz CT molecular complexity index is 1490. The lowest BCUT2D eigenvalue weighted by molar-refractivity contribution is 0.0523. The van der Waals surface area contributed by atoms with E-state index in [2.05, 4.69) is 9.98 Å². The Kier molecular flexibility index (Phi) is 5.16. The molecule has 0 spiro atoms. The van der Waals surface area contributed by atoms with Crippen molar-refractivity contribution in [3.8, 4) is 0 Å². The van der Waals surface area contributed by atoms with E-state index >= 15 is 0 Å². The van der Waals surface area contributed by atoms with Gasteiger partial charge in [0.05, 0.1) is 17.6 Å². The van der Waals surface area contributed by atoms with Crippen LogP contribution in [0.5, 0.6) is 0 Å². The van der Waals surface area contributed by atoms with Crippen molar-refractivity contribution >= 4 is 28.6 Å². The summed E-state index contributed by atoms with van der Waals surface area (Å²) in [5, 5.41) is 0.145. The summed E-state index contributed by atoms with van der Waals surface area (Å²) in [5.74, 6) is -2.38. The highest BCUT2D eigenvalue weighted by Crippen LogP contribution is 2.12. The molecule has 0 aliphatic rings. The van der Waals surface area contributed by atoms with E-state index in [1.165, 1.54) is 40.3 Å². The van der Waals surface area contributed by atoms with Gasteiger partial charge in [0.15, 0.2) is 5.49 Å². The first kappa shape index (κ1) is 20.1. The highest BCUT2D eigenvalue weighted by Gasteiger charge is 2.19. The van der Waals surface area contributed by atoms with Gasteiger partial charge in [-0.3, -0.25) is 14.0 Å². The number of nitrogens with zero attached hydrogens (tertiary/aromatic N) is 4. The molecule has 0 unspecified atom stereocenters. The number of hydrogen-bond donors (Lipinski definition) is 0. The Morgan fingerprint density at radius 2 is 1.87 bits per heavy atom. The summed E-state index contributed by atoms with van der Waals surface area (Å²) in [6, 6.07) is 11.8. The molecule has 0 saturated heterocycles. The van der Waals surface area contributed by atoms with E-state index in [0.717, 1.165) is 6.07 Å². The Morgan fingerprint density at radius 3 is 2.61 bits per heavy atom. The zero-order valence-corrected chi connectivity index (χ0v) is 16.7. The van der Waals surface area contributed by atoms with Gasteiger partial charge < -0.3 is 9.30 Å². The molecule has 0 radical (unpaired) electrons. The second kappa shape index (κ2) is 7.94. The van der Waals surface area contributed by atoms with Crippen LogP contribution in [0.25, 0.3) is 16.7 Å². The lowest BCUT2D eigenvalue weighted by atomic mass is 10.2. The number of ether oxygens (including phenoxy) is 1. The van der Waals surface area contributed by atoms with Crippen LogP contribution in [0.3, 0.4) is 0 Å². The van der Waals surface area contributed by atoms with E-state index in [1.807, 2.05) is 0 Å². The standard InChI is InChI=1S/C22H17FN4O4/c1-3-31-22(30)15-12-14-18(24-17-10-6-7-11-27(17)21(14)29)26(2)19(15)25-20(28)13-8-4-5-9-16(13)23/h4-12H,3H2,1-2H3. The van der Waals surface area contributed by atoms with Gasteiger partial charge in [0.25, 0.3) is 11.5 Å². The lowest BCUT2D eigenvalue weighted by Crippen LogP contribution is -2.31. The molecule has 31 heavy (non-hydrogen) atoms. The minimum atomic E-state index is -0.879. The Hall–Kier alpha value is -4.14. The molecule has 0 N–H and O–H groups in total. The van der Waals surface area contributed by atoms with Crippen LogP contribution in [-0.2, 0) is 11.8 Å². The number of halogens is 1. The summed E-state index contributed by atoms with van der Waals surface area (Å²) in [7, 11) is 1.52. The van der Waals surface area contributed by atoms with Gasteiger partial charge >= 0.3 is 5.97 Å². The van der Waals surface area contributed by atoms with Gasteiger partial charge in [-0.2, -0.15) is 4.99 Å². The smallest absolute Gasteiger partial charge is 0.341 e. The minimum Gasteiger partial charge on any atom is -0.462 e. The summed E-state index contributed by atoms with van der Waals surface area (Å²) in [5.41, 5.74) is -0.240. The molecule has 4 aromatic rings. The van der Waals surface area contributed by atoms with Gasteiger partial charge in [0.1, 0.15) is 22.7 Å². The second-order valence-electron chi connectivity index (χ2n) is 6.64. The topological polar surface area (TPSA) is 95.0 Å². The summed E-state index contributed by atoms with van der Waals surface area (Å²) < 4.78 is 21.9. The maximum absolute atomic E-state index is 14.1. The molecule has 0 aliphatic carbocycles. The van der Waals surface area contributed by atoms with E-state index in [4.69, 9.17) is 4.74 Å². The molecule has 0 atom stereocenters. The highest BCUT2D eigenvalue weighted by atomic mass is 19.1. The number of aryl methyl sites for hydroxylation is 1. The highest BCUT2D eigenvalue weighted by molar-refractivity contribution is 5.97. The van der Waals surface area contributed by atoms with Gasteiger partial charge in [0, 0.05) is 13.2 Å². The largest absolute Gasteiger partial charge is 0.462 e. The molecular formula is C22H17FN4O4. The van der Waals surface area contributed by atoms with Crippen LogP contribution < -0.4 is 11.0 Å².